The van der Waals surface area contributed by atoms with Crippen molar-refractivity contribution in [2.24, 2.45) is 0 Å². The van der Waals surface area contributed by atoms with Crippen molar-refractivity contribution < 1.29 is 14.2 Å². The first-order chi connectivity index (χ1) is 12.3. The molecular weight excluding hydrogens is 322 g/mol. The summed E-state index contributed by atoms with van der Waals surface area (Å²) in [6.07, 6.45) is 0. The van der Waals surface area contributed by atoms with Gasteiger partial charge in [-0.05, 0) is 24.3 Å². The van der Waals surface area contributed by atoms with Gasteiger partial charge in [-0.1, -0.05) is 0 Å². The van der Waals surface area contributed by atoms with Crippen LogP contribution in [0.15, 0.2) is 36.4 Å². The van der Waals surface area contributed by atoms with E-state index < -0.39 is 0 Å². The molecule has 2 aromatic heterocycles. The molecular formula is C17H15N5O3. The van der Waals surface area contributed by atoms with Crippen molar-refractivity contribution in [3.63, 3.8) is 0 Å². The quantitative estimate of drug-likeness (QED) is 0.598. The fraction of sp³-hybridized carbons (Fsp3) is 0.176. The highest BCUT2D eigenvalue weighted by atomic mass is 16.6. The topological polar surface area (TPSA) is 85.7 Å². The number of imidazole rings is 1. The van der Waals surface area contributed by atoms with Crippen LogP contribution in [0.4, 0.5) is 11.6 Å². The predicted molar refractivity (Wildman–Crippen MR) is 92.1 cm³/mol. The first kappa shape index (κ1) is 14.0. The first-order valence-corrected chi connectivity index (χ1v) is 7.89. The maximum absolute atomic E-state index is 5.65. The van der Waals surface area contributed by atoms with Crippen molar-refractivity contribution in [2.45, 2.75) is 0 Å². The number of aromatic amines is 1. The summed E-state index contributed by atoms with van der Waals surface area (Å²) in [5.74, 6) is 3.42. The van der Waals surface area contributed by atoms with Crippen molar-refractivity contribution in [1.29, 1.82) is 0 Å². The molecule has 4 aromatic rings. The van der Waals surface area contributed by atoms with Crippen molar-refractivity contribution in [3.8, 4) is 17.2 Å². The highest BCUT2D eigenvalue weighted by Crippen LogP contribution is 2.34. The Hall–Kier alpha value is -3.42. The van der Waals surface area contributed by atoms with E-state index in [4.69, 9.17) is 14.2 Å². The van der Waals surface area contributed by atoms with E-state index in [1.54, 1.807) is 7.11 Å². The number of ether oxygens (including phenoxy) is 3. The van der Waals surface area contributed by atoms with Crippen molar-refractivity contribution >= 4 is 28.4 Å². The first-order valence-electron chi connectivity index (χ1n) is 7.89. The number of aromatic nitrogens is 4. The number of rotatable bonds is 3. The van der Waals surface area contributed by atoms with Gasteiger partial charge in [0.15, 0.2) is 11.5 Å². The second-order valence-electron chi connectivity index (χ2n) is 5.66. The summed E-state index contributed by atoms with van der Waals surface area (Å²) in [4.78, 5) is 9.02. The van der Waals surface area contributed by atoms with Gasteiger partial charge in [0.25, 0.3) is 5.78 Å². The summed E-state index contributed by atoms with van der Waals surface area (Å²) >= 11 is 0. The zero-order valence-electron chi connectivity index (χ0n) is 13.4. The fourth-order valence-corrected chi connectivity index (χ4v) is 2.88. The number of benzene rings is 2. The minimum atomic E-state index is 0.549. The molecule has 2 N–H and O–H groups in total. The van der Waals surface area contributed by atoms with E-state index in [1.165, 1.54) is 0 Å². The van der Waals surface area contributed by atoms with Gasteiger partial charge in [-0.25, -0.2) is 9.50 Å². The lowest BCUT2D eigenvalue weighted by Crippen LogP contribution is -2.15. The lowest BCUT2D eigenvalue weighted by Gasteiger charge is -2.17. The molecule has 3 heterocycles. The lowest BCUT2D eigenvalue weighted by atomic mass is 10.2. The molecule has 0 fully saturated rings. The molecule has 2 aromatic carbocycles. The fourth-order valence-electron chi connectivity index (χ4n) is 2.88. The van der Waals surface area contributed by atoms with E-state index in [0.717, 1.165) is 34.0 Å². The molecule has 0 amide bonds. The Morgan fingerprint density at radius 2 is 1.84 bits per heavy atom. The van der Waals surface area contributed by atoms with Gasteiger partial charge in [-0.3, -0.25) is 5.10 Å². The zero-order valence-corrected chi connectivity index (χ0v) is 13.4. The van der Waals surface area contributed by atoms with Crippen LogP contribution in [0.25, 0.3) is 16.8 Å². The number of methoxy groups -OCH3 is 1. The van der Waals surface area contributed by atoms with E-state index in [0.29, 0.717) is 24.9 Å². The van der Waals surface area contributed by atoms with Gasteiger partial charge >= 0.3 is 0 Å². The van der Waals surface area contributed by atoms with Crippen molar-refractivity contribution in [3.05, 3.63) is 36.4 Å². The second kappa shape index (κ2) is 5.30. The van der Waals surface area contributed by atoms with Crippen LogP contribution in [-0.4, -0.2) is 39.9 Å². The van der Waals surface area contributed by atoms with Crippen LogP contribution in [0.1, 0.15) is 0 Å². The largest absolute Gasteiger partial charge is 0.497 e. The van der Waals surface area contributed by atoms with Crippen molar-refractivity contribution in [2.75, 3.05) is 25.6 Å². The minimum absolute atomic E-state index is 0.549. The molecule has 5 rings (SSSR count). The van der Waals surface area contributed by atoms with Crippen LogP contribution in [0.5, 0.6) is 17.2 Å². The van der Waals surface area contributed by atoms with Gasteiger partial charge in [0.2, 0.25) is 5.95 Å². The third kappa shape index (κ3) is 2.30. The number of hydrogen-bond acceptors (Lipinski definition) is 6. The number of H-pyrrole nitrogens is 1. The molecule has 0 radical (unpaired) electrons. The molecule has 126 valence electrons. The smallest absolute Gasteiger partial charge is 0.253 e. The molecule has 0 saturated carbocycles. The highest BCUT2D eigenvalue weighted by Gasteiger charge is 2.17. The molecule has 0 aliphatic carbocycles. The van der Waals surface area contributed by atoms with Crippen LogP contribution in [-0.2, 0) is 0 Å². The van der Waals surface area contributed by atoms with Gasteiger partial charge in [-0.15, -0.1) is 0 Å². The second-order valence-corrected chi connectivity index (χ2v) is 5.66. The van der Waals surface area contributed by atoms with E-state index in [2.05, 4.69) is 20.4 Å². The van der Waals surface area contributed by atoms with Gasteiger partial charge in [0.05, 0.1) is 18.1 Å². The Balaban J connectivity index is 1.52. The SMILES string of the molecule is COc1ccc(Nc2nc3nc4cc5c(cc4n3[nH]2)OCCO5)cc1. The van der Waals surface area contributed by atoms with Crippen LogP contribution in [0, 0.1) is 0 Å². The Bertz CT molecular complexity index is 1070. The molecule has 0 spiro atoms. The normalized spacial score (nSPS) is 13.3. The summed E-state index contributed by atoms with van der Waals surface area (Å²) in [6.45, 7) is 1.10. The number of anilines is 2. The monoisotopic (exact) mass is 337 g/mol. The number of nitrogens with one attached hydrogen (secondary N) is 2. The van der Waals surface area contributed by atoms with Gasteiger partial charge in [0.1, 0.15) is 19.0 Å². The van der Waals surface area contributed by atoms with E-state index in [9.17, 15) is 0 Å². The molecule has 0 bridgehead atoms. The summed E-state index contributed by atoms with van der Waals surface area (Å²) in [5.41, 5.74) is 2.59. The number of hydrogen-bond donors (Lipinski definition) is 2. The summed E-state index contributed by atoms with van der Waals surface area (Å²) in [5, 5.41) is 6.43. The average molecular weight is 337 g/mol. The van der Waals surface area contributed by atoms with Crippen LogP contribution < -0.4 is 19.5 Å². The molecule has 0 saturated heterocycles. The van der Waals surface area contributed by atoms with E-state index in [1.807, 2.05) is 40.9 Å². The van der Waals surface area contributed by atoms with Gasteiger partial charge < -0.3 is 19.5 Å². The summed E-state index contributed by atoms with van der Waals surface area (Å²) in [7, 11) is 1.64. The average Bonchev–Trinajstić information content (AvgIpc) is 3.17. The Kier molecular flexibility index (Phi) is 2.96. The van der Waals surface area contributed by atoms with E-state index >= 15 is 0 Å². The summed E-state index contributed by atoms with van der Waals surface area (Å²) < 4.78 is 18.2. The highest BCUT2D eigenvalue weighted by molar-refractivity contribution is 5.83. The molecule has 1 aliphatic rings. The Morgan fingerprint density at radius 3 is 2.60 bits per heavy atom. The van der Waals surface area contributed by atoms with Crippen LogP contribution >= 0.6 is 0 Å². The Morgan fingerprint density at radius 1 is 1.08 bits per heavy atom. The molecule has 1 aliphatic heterocycles. The third-order valence-corrected chi connectivity index (χ3v) is 4.08. The van der Waals surface area contributed by atoms with Gasteiger partial charge in [0, 0.05) is 17.8 Å². The van der Waals surface area contributed by atoms with Gasteiger partial charge in [-0.2, -0.15) is 4.98 Å². The molecule has 0 unspecified atom stereocenters. The van der Waals surface area contributed by atoms with E-state index in [-0.39, 0.29) is 0 Å². The minimum Gasteiger partial charge on any atom is -0.497 e. The standard InChI is InChI=1S/C17H15N5O3/c1-23-11-4-2-10(3-5-11)18-16-20-17-19-12-8-14-15(25-7-6-24-14)9-13(12)22(17)21-16/h2-5,8-9H,6-7H2,1H3,(H2,18,19,20,21). The van der Waals surface area contributed by atoms with Crippen molar-refractivity contribution in [1.82, 2.24) is 19.6 Å². The lowest BCUT2D eigenvalue weighted by molar-refractivity contribution is 0.172. The molecule has 25 heavy (non-hydrogen) atoms. The Labute approximate surface area is 142 Å². The van der Waals surface area contributed by atoms with Crippen LogP contribution in [0.3, 0.4) is 0 Å². The van der Waals surface area contributed by atoms with Crippen LogP contribution in [0.2, 0.25) is 0 Å². The zero-order chi connectivity index (χ0) is 16.8. The molecule has 0 atom stereocenters. The predicted octanol–water partition coefficient (Wildman–Crippen LogP) is 2.73. The number of nitrogens with zero attached hydrogens (tertiary/aromatic N) is 3. The molecule has 8 nitrogen and oxygen atoms in total. The maximum Gasteiger partial charge on any atom is 0.253 e. The molecule has 8 heteroatoms. The third-order valence-electron chi connectivity index (χ3n) is 4.08. The number of fused-ring (bicyclic) bond motifs is 4. The maximum atomic E-state index is 5.65. The summed E-state index contributed by atoms with van der Waals surface area (Å²) in [6, 6.07) is 11.4.